The molecular weight excluding hydrogens is 228 g/mol. The van der Waals surface area contributed by atoms with Gasteiger partial charge in [-0.25, -0.2) is 0 Å². The van der Waals surface area contributed by atoms with Crippen molar-refractivity contribution in [3.63, 3.8) is 0 Å². The fourth-order valence-electron chi connectivity index (χ4n) is 1.59. The van der Waals surface area contributed by atoms with Crippen molar-refractivity contribution < 1.29 is 9.90 Å². The van der Waals surface area contributed by atoms with Crippen LogP contribution in [-0.2, 0) is 11.2 Å². The Morgan fingerprint density at radius 2 is 1.94 bits per heavy atom. The van der Waals surface area contributed by atoms with Crippen molar-refractivity contribution in [3.05, 3.63) is 29.8 Å². The average molecular weight is 250 g/mol. The molecular formula is C14H22N2O2. The number of rotatable bonds is 6. The third-order valence-electron chi connectivity index (χ3n) is 2.75. The molecule has 0 fully saturated rings. The monoisotopic (exact) mass is 250 g/mol. The quantitative estimate of drug-likeness (QED) is 0.715. The van der Waals surface area contributed by atoms with Gasteiger partial charge in [-0.1, -0.05) is 26.0 Å². The van der Waals surface area contributed by atoms with E-state index >= 15 is 0 Å². The molecule has 100 valence electrons. The van der Waals surface area contributed by atoms with E-state index in [0.717, 1.165) is 12.0 Å². The Morgan fingerprint density at radius 3 is 2.50 bits per heavy atom. The zero-order chi connectivity index (χ0) is 13.5. The number of hydrogen-bond donors (Lipinski definition) is 3. The SMILES string of the molecule is CC(C)CCNC(=O)C(N)Cc1ccc(O)cc1. The summed E-state index contributed by atoms with van der Waals surface area (Å²) in [5.74, 6) is 0.663. The molecule has 0 aliphatic heterocycles. The first-order chi connectivity index (χ1) is 8.49. The van der Waals surface area contributed by atoms with Gasteiger partial charge in [0.25, 0.3) is 0 Å². The van der Waals surface area contributed by atoms with E-state index in [0.29, 0.717) is 18.9 Å². The Balaban J connectivity index is 2.37. The molecule has 1 atom stereocenters. The standard InChI is InChI=1S/C14H22N2O2/c1-10(2)7-8-16-14(18)13(15)9-11-3-5-12(17)6-4-11/h3-6,10,13,17H,7-9,15H2,1-2H3,(H,16,18). The lowest BCUT2D eigenvalue weighted by Crippen LogP contribution is -2.42. The van der Waals surface area contributed by atoms with Crippen molar-refractivity contribution in [2.24, 2.45) is 11.7 Å². The third-order valence-corrected chi connectivity index (χ3v) is 2.75. The third kappa shape index (κ3) is 5.19. The Labute approximate surface area is 108 Å². The molecule has 4 N–H and O–H groups in total. The average Bonchev–Trinajstić information content (AvgIpc) is 2.31. The number of aromatic hydroxyl groups is 1. The molecule has 1 amide bonds. The van der Waals surface area contributed by atoms with Gasteiger partial charge in [-0.05, 0) is 36.5 Å². The second-order valence-electron chi connectivity index (χ2n) is 4.95. The summed E-state index contributed by atoms with van der Waals surface area (Å²) >= 11 is 0. The van der Waals surface area contributed by atoms with Crippen molar-refractivity contribution in [2.75, 3.05) is 6.54 Å². The number of nitrogens with two attached hydrogens (primary N) is 1. The van der Waals surface area contributed by atoms with Gasteiger partial charge >= 0.3 is 0 Å². The van der Waals surface area contributed by atoms with Gasteiger partial charge in [-0.2, -0.15) is 0 Å². The van der Waals surface area contributed by atoms with Crippen LogP contribution in [0.2, 0.25) is 0 Å². The number of phenols is 1. The summed E-state index contributed by atoms with van der Waals surface area (Å²) in [6, 6.07) is 6.20. The molecule has 0 aliphatic rings. The number of amides is 1. The van der Waals surface area contributed by atoms with Gasteiger partial charge in [0.15, 0.2) is 0 Å². The summed E-state index contributed by atoms with van der Waals surface area (Å²) in [6.07, 6.45) is 1.44. The molecule has 0 spiro atoms. The number of carbonyl (C=O) groups excluding carboxylic acids is 1. The molecule has 18 heavy (non-hydrogen) atoms. The summed E-state index contributed by atoms with van der Waals surface area (Å²) < 4.78 is 0. The Morgan fingerprint density at radius 1 is 1.33 bits per heavy atom. The summed E-state index contributed by atoms with van der Waals surface area (Å²) in [5.41, 5.74) is 6.77. The van der Waals surface area contributed by atoms with Gasteiger partial charge in [-0.3, -0.25) is 4.79 Å². The van der Waals surface area contributed by atoms with Gasteiger partial charge in [0, 0.05) is 6.54 Å². The predicted molar refractivity (Wildman–Crippen MR) is 72.3 cm³/mol. The molecule has 1 aromatic carbocycles. The number of hydrogen-bond acceptors (Lipinski definition) is 3. The topological polar surface area (TPSA) is 75.4 Å². The first-order valence-electron chi connectivity index (χ1n) is 6.30. The molecule has 1 unspecified atom stereocenters. The van der Waals surface area contributed by atoms with Crippen LogP contribution in [0.4, 0.5) is 0 Å². The second-order valence-corrected chi connectivity index (χ2v) is 4.95. The number of nitrogens with one attached hydrogen (secondary N) is 1. The normalized spacial score (nSPS) is 12.4. The van der Waals surface area contributed by atoms with E-state index in [1.807, 2.05) is 0 Å². The summed E-state index contributed by atoms with van der Waals surface area (Å²) in [4.78, 5) is 11.7. The van der Waals surface area contributed by atoms with Crippen LogP contribution in [0.15, 0.2) is 24.3 Å². The zero-order valence-electron chi connectivity index (χ0n) is 11.0. The van der Waals surface area contributed by atoms with Crippen LogP contribution >= 0.6 is 0 Å². The minimum atomic E-state index is -0.540. The van der Waals surface area contributed by atoms with Gasteiger partial charge in [0.05, 0.1) is 6.04 Å². The molecule has 0 heterocycles. The highest BCUT2D eigenvalue weighted by molar-refractivity contribution is 5.81. The maximum Gasteiger partial charge on any atom is 0.237 e. The van der Waals surface area contributed by atoms with E-state index < -0.39 is 6.04 Å². The van der Waals surface area contributed by atoms with Gasteiger partial charge < -0.3 is 16.2 Å². The first kappa shape index (κ1) is 14.5. The van der Waals surface area contributed by atoms with Crippen molar-refractivity contribution in [1.82, 2.24) is 5.32 Å². The summed E-state index contributed by atoms with van der Waals surface area (Å²) in [7, 11) is 0. The van der Waals surface area contributed by atoms with E-state index in [-0.39, 0.29) is 11.7 Å². The van der Waals surface area contributed by atoms with Gasteiger partial charge in [0.1, 0.15) is 5.75 Å². The van der Waals surface area contributed by atoms with Gasteiger partial charge in [-0.15, -0.1) is 0 Å². The zero-order valence-corrected chi connectivity index (χ0v) is 11.0. The van der Waals surface area contributed by atoms with E-state index in [9.17, 15) is 4.79 Å². The molecule has 0 aliphatic carbocycles. The highest BCUT2D eigenvalue weighted by Gasteiger charge is 2.13. The van der Waals surface area contributed by atoms with Crippen LogP contribution in [0.3, 0.4) is 0 Å². The summed E-state index contributed by atoms with van der Waals surface area (Å²) in [5, 5.41) is 12.0. The highest BCUT2D eigenvalue weighted by atomic mass is 16.3. The predicted octanol–water partition coefficient (Wildman–Crippen LogP) is 1.42. The molecule has 0 radical (unpaired) electrons. The number of phenolic OH excluding ortho intramolecular Hbond substituents is 1. The highest BCUT2D eigenvalue weighted by Crippen LogP contribution is 2.10. The molecule has 0 aromatic heterocycles. The van der Waals surface area contributed by atoms with Gasteiger partial charge in [0.2, 0.25) is 5.91 Å². The summed E-state index contributed by atoms with van der Waals surface area (Å²) in [6.45, 7) is 4.89. The fourth-order valence-corrected chi connectivity index (χ4v) is 1.59. The van der Waals surface area contributed by atoms with E-state index in [4.69, 9.17) is 10.8 Å². The maximum atomic E-state index is 11.7. The minimum Gasteiger partial charge on any atom is -0.508 e. The number of benzene rings is 1. The number of carbonyl (C=O) groups is 1. The lowest BCUT2D eigenvalue weighted by Gasteiger charge is -2.13. The van der Waals surface area contributed by atoms with Crippen LogP contribution < -0.4 is 11.1 Å². The largest absolute Gasteiger partial charge is 0.508 e. The van der Waals surface area contributed by atoms with E-state index in [1.165, 1.54) is 0 Å². The molecule has 1 aromatic rings. The van der Waals surface area contributed by atoms with Crippen molar-refractivity contribution in [1.29, 1.82) is 0 Å². The molecule has 0 saturated carbocycles. The van der Waals surface area contributed by atoms with E-state index in [1.54, 1.807) is 24.3 Å². The first-order valence-corrected chi connectivity index (χ1v) is 6.30. The Kier molecular flexibility index (Phi) is 5.65. The second kappa shape index (κ2) is 7.01. The maximum absolute atomic E-state index is 11.7. The molecule has 4 heteroatoms. The Hall–Kier alpha value is -1.55. The minimum absolute atomic E-state index is 0.122. The molecule has 0 bridgehead atoms. The Bertz CT molecular complexity index is 374. The van der Waals surface area contributed by atoms with Crippen LogP contribution in [0, 0.1) is 5.92 Å². The van der Waals surface area contributed by atoms with Crippen molar-refractivity contribution in [3.8, 4) is 5.75 Å². The van der Waals surface area contributed by atoms with E-state index in [2.05, 4.69) is 19.2 Å². The van der Waals surface area contributed by atoms with Crippen LogP contribution in [0.1, 0.15) is 25.8 Å². The lowest BCUT2D eigenvalue weighted by molar-refractivity contribution is -0.122. The smallest absolute Gasteiger partial charge is 0.237 e. The van der Waals surface area contributed by atoms with Crippen LogP contribution in [0.25, 0.3) is 0 Å². The molecule has 1 rings (SSSR count). The molecule has 0 saturated heterocycles. The van der Waals surface area contributed by atoms with Crippen molar-refractivity contribution in [2.45, 2.75) is 32.7 Å². The fraction of sp³-hybridized carbons (Fsp3) is 0.500. The van der Waals surface area contributed by atoms with Crippen molar-refractivity contribution >= 4 is 5.91 Å². The molecule has 4 nitrogen and oxygen atoms in total. The lowest BCUT2D eigenvalue weighted by atomic mass is 10.1. The van der Waals surface area contributed by atoms with Crippen LogP contribution in [0.5, 0.6) is 5.75 Å². The van der Waals surface area contributed by atoms with Crippen LogP contribution in [-0.4, -0.2) is 23.6 Å².